The van der Waals surface area contributed by atoms with E-state index in [0.29, 0.717) is 18.4 Å². The Morgan fingerprint density at radius 3 is 2.86 bits per heavy atom. The number of methoxy groups -OCH3 is 1. The molecule has 6 heteroatoms. The van der Waals surface area contributed by atoms with Crippen LogP contribution in [0, 0.1) is 0 Å². The molecule has 2 aromatic rings. The summed E-state index contributed by atoms with van der Waals surface area (Å²) in [4.78, 5) is 4.22. The van der Waals surface area contributed by atoms with Gasteiger partial charge in [-0.2, -0.15) is 0 Å². The number of benzene rings is 1. The van der Waals surface area contributed by atoms with Gasteiger partial charge in [-0.1, -0.05) is 29.8 Å². The van der Waals surface area contributed by atoms with Crippen LogP contribution < -0.4 is 10.1 Å². The van der Waals surface area contributed by atoms with Crippen molar-refractivity contribution in [3.63, 3.8) is 0 Å². The molecule has 21 heavy (non-hydrogen) atoms. The Labute approximate surface area is 129 Å². The number of para-hydroxylation sites is 1. The molecule has 0 bridgehead atoms. The third-order valence-corrected chi connectivity index (χ3v) is 3.51. The topological polar surface area (TPSA) is 48.3 Å². The lowest BCUT2D eigenvalue weighted by Crippen LogP contribution is -2.19. The molecule has 5 nitrogen and oxygen atoms in total. The minimum Gasteiger partial charge on any atom is -0.485 e. The van der Waals surface area contributed by atoms with Gasteiger partial charge in [0.15, 0.2) is 0 Å². The molecule has 2 rings (SSSR count). The van der Waals surface area contributed by atoms with Crippen molar-refractivity contribution in [2.45, 2.75) is 13.2 Å². The Balaban J connectivity index is 1.94. The fourth-order valence-corrected chi connectivity index (χ4v) is 2.03. The average molecular weight is 310 g/mol. The van der Waals surface area contributed by atoms with Gasteiger partial charge in [-0.15, -0.1) is 0 Å². The lowest BCUT2D eigenvalue weighted by Gasteiger charge is -2.12. The molecule has 0 saturated heterocycles. The number of halogens is 1. The summed E-state index contributed by atoms with van der Waals surface area (Å²) in [6, 6.07) is 7.95. The van der Waals surface area contributed by atoms with Crippen molar-refractivity contribution in [3.8, 4) is 5.75 Å². The molecule has 0 fully saturated rings. The van der Waals surface area contributed by atoms with E-state index in [0.717, 1.165) is 30.2 Å². The molecular weight excluding hydrogens is 290 g/mol. The number of aromatic nitrogens is 2. The van der Waals surface area contributed by atoms with Gasteiger partial charge in [0.25, 0.3) is 0 Å². The van der Waals surface area contributed by atoms with Gasteiger partial charge in [-0.25, -0.2) is 4.98 Å². The van der Waals surface area contributed by atoms with Crippen molar-refractivity contribution < 1.29 is 9.47 Å². The molecule has 0 aliphatic carbocycles. The summed E-state index contributed by atoms with van der Waals surface area (Å²) >= 11 is 5.96. The van der Waals surface area contributed by atoms with Crippen LogP contribution in [0.1, 0.15) is 11.4 Å². The Morgan fingerprint density at radius 2 is 2.14 bits per heavy atom. The maximum atomic E-state index is 5.96. The molecule has 1 heterocycles. The molecule has 1 aromatic carbocycles. The van der Waals surface area contributed by atoms with Crippen LogP contribution >= 0.6 is 11.6 Å². The second-order valence-electron chi connectivity index (χ2n) is 4.62. The fraction of sp³-hybridized carbons (Fsp3) is 0.400. The van der Waals surface area contributed by atoms with E-state index in [-0.39, 0.29) is 0 Å². The summed E-state index contributed by atoms with van der Waals surface area (Å²) in [7, 11) is 3.56. The summed E-state index contributed by atoms with van der Waals surface area (Å²) in [6.07, 6.45) is 1.62. The van der Waals surface area contributed by atoms with Crippen molar-refractivity contribution in [1.29, 1.82) is 0 Å². The lowest BCUT2D eigenvalue weighted by molar-refractivity contribution is 0.199. The molecule has 0 aliphatic rings. The minimum absolute atomic E-state index is 0.387. The minimum atomic E-state index is 0.387. The summed E-state index contributed by atoms with van der Waals surface area (Å²) < 4.78 is 12.7. The van der Waals surface area contributed by atoms with E-state index >= 15 is 0 Å². The summed E-state index contributed by atoms with van der Waals surface area (Å²) in [5.41, 5.74) is 1.11. The van der Waals surface area contributed by atoms with Gasteiger partial charge >= 0.3 is 0 Å². The van der Waals surface area contributed by atoms with Crippen molar-refractivity contribution in [2.24, 2.45) is 7.05 Å². The highest BCUT2D eigenvalue weighted by Gasteiger charge is 2.07. The van der Waals surface area contributed by atoms with Crippen LogP contribution in [0.25, 0.3) is 0 Å². The van der Waals surface area contributed by atoms with Crippen molar-refractivity contribution in [3.05, 3.63) is 47.0 Å². The van der Waals surface area contributed by atoms with Gasteiger partial charge in [0.05, 0.1) is 12.8 Å². The van der Waals surface area contributed by atoms with E-state index in [1.807, 2.05) is 31.3 Å². The quantitative estimate of drug-likeness (QED) is 0.761. The van der Waals surface area contributed by atoms with Crippen LogP contribution in [-0.2, 0) is 24.9 Å². The van der Waals surface area contributed by atoms with Gasteiger partial charge in [0.1, 0.15) is 23.3 Å². The Bertz CT molecular complexity index is 572. The van der Waals surface area contributed by atoms with Crippen LogP contribution in [0.2, 0.25) is 5.15 Å². The number of hydrogen-bond donors (Lipinski definition) is 1. The van der Waals surface area contributed by atoms with Gasteiger partial charge in [0.2, 0.25) is 0 Å². The van der Waals surface area contributed by atoms with E-state index in [1.54, 1.807) is 17.9 Å². The first-order valence-corrected chi connectivity index (χ1v) is 7.16. The molecule has 0 radical (unpaired) electrons. The summed E-state index contributed by atoms with van der Waals surface area (Å²) in [5.74, 6) is 1.64. The van der Waals surface area contributed by atoms with Gasteiger partial charge < -0.3 is 19.4 Å². The third kappa shape index (κ3) is 4.46. The fourth-order valence-electron chi connectivity index (χ4n) is 1.89. The monoisotopic (exact) mass is 309 g/mol. The molecule has 0 atom stereocenters. The second kappa shape index (κ2) is 8.02. The zero-order chi connectivity index (χ0) is 15.1. The Hall–Kier alpha value is -1.56. The Morgan fingerprint density at radius 1 is 1.33 bits per heavy atom. The molecule has 0 amide bonds. The SMILES string of the molecule is COCCNCc1ccccc1OCc1ncc(Cl)n1C. The molecule has 0 saturated carbocycles. The van der Waals surface area contributed by atoms with Crippen LogP contribution in [0.5, 0.6) is 5.75 Å². The highest BCUT2D eigenvalue weighted by molar-refractivity contribution is 6.29. The maximum Gasteiger partial charge on any atom is 0.147 e. The van der Waals surface area contributed by atoms with Gasteiger partial charge in [-0.3, -0.25) is 0 Å². The molecule has 0 aliphatic heterocycles. The standard InChI is InChI=1S/C15H20ClN3O2/c1-19-14(16)10-18-15(19)11-21-13-6-4-3-5-12(13)9-17-7-8-20-2/h3-6,10,17H,7-9,11H2,1-2H3. The molecule has 0 spiro atoms. The van der Waals surface area contributed by atoms with Gasteiger partial charge in [0, 0.05) is 32.8 Å². The first-order chi connectivity index (χ1) is 10.2. The molecule has 1 aromatic heterocycles. The predicted octanol–water partition coefficient (Wildman–Crippen LogP) is 2.39. The number of nitrogens with one attached hydrogen (secondary N) is 1. The van der Waals surface area contributed by atoms with Crippen LogP contribution in [0.15, 0.2) is 30.5 Å². The number of imidazole rings is 1. The first-order valence-electron chi connectivity index (χ1n) is 6.79. The lowest BCUT2D eigenvalue weighted by atomic mass is 10.2. The van der Waals surface area contributed by atoms with E-state index in [9.17, 15) is 0 Å². The second-order valence-corrected chi connectivity index (χ2v) is 5.01. The predicted molar refractivity (Wildman–Crippen MR) is 82.6 cm³/mol. The number of rotatable bonds is 8. The zero-order valence-electron chi connectivity index (χ0n) is 12.3. The van der Waals surface area contributed by atoms with Crippen molar-refractivity contribution in [2.75, 3.05) is 20.3 Å². The van der Waals surface area contributed by atoms with Crippen LogP contribution in [0.3, 0.4) is 0 Å². The summed E-state index contributed by atoms with van der Waals surface area (Å²) in [6.45, 7) is 2.62. The molecule has 1 N–H and O–H groups in total. The summed E-state index contributed by atoms with van der Waals surface area (Å²) in [5, 5.41) is 3.91. The number of ether oxygens (including phenoxy) is 2. The number of nitrogens with zero attached hydrogens (tertiary/aromatic N) is 2. The largest absolute Gasteiger partial charge is 0.485 e. The smallest absolute Gasteiger partial charge is 0.147 e. The first kappa shape index (κ1) is 15.8. The maximum absolute atomic E-state index is 5.96. The highest BCUT2D eigenvalue weighted by Crippen LogP contribution is 2.19. The third-order valence-electron chi connectivity index (χ3n) is 3.16. The molecule has 0 unspecified atom stereocenters. The van der Waals surface area contributed by atoms with E-state index < -0.39 is 0 Å². The van der Waals surface area contributed by atoms with Crippen molar-refractivity contribution >= 4 is 11.6 Å². The molecular formula is C15H20ClN3O2. The number of hydrogen-bond acceptors (Lipinski definition) is 4. The van der Waals surface area contributed by atoms with Crippen LogP contribution in [0.4, 0.5) is 0 Å². The van der Waals surface area contributed by atoms with E-state index in [1.165, 1.54) is 0 Å². The van der Waals surface area contributed by atoms with E-state index in [4.69, 9.17) is 21.1 Å². The highest BCUT2D eigenvalue weighted by atomic mass is 35.5. The molecule has 114 valence electrons. The van der Waals surface area contributed by atoms with Gasteiger partial charge in [-0.05, 0) is 6.07 Å². The average Bonchev–Trinajstić information content (AvgIpc) is 2.82. The zero-order valence-corrected chi connectivity index (χ0v) is 13.1. The van der Waals surface area contributed by atoms with E-state index in [2.05, 4.69) is 10.3 Å². The van der Waals surface area contributed by atoms with Crippen LogP contribution in [-0.4, -0.2) is 29.8 Å². The normalized spacial score (nSPS) is 10.8. The van der Waals surface area contributed by atoms with Crippen molar-refractivity contribution in [1.82, 2.24) is 14.9 Å². The Kier molecular flexibility index (Phi) is 6.04.